The Morgan fingerprint density at radius 2 is 1.83 bits per heavy atom. The van der Waals surface area contributed by atoms with Gasteiger partial charge in [0.05, 0.1) is 0 Å². The molecule has 1 heterocycles. The molecule has 3 rings (SSSR count). The van der Waals surface area contributed by atoms with Gasteiger partial charge in [0.2, 0.25) is 0 Å². The monoisotopic (exact) mass is 257 g/mol. The summed E-state index contributed by atoms with van der Waals surface area (Å²) in [5.74, 6) is 0. The first-order chi connectivity index (χ1) is 8.74. The molecule has 0 saturated heterocycles. The largest absolute Gasteiger partial charge is 0.385 e. The number of aryl methyl sites for hydroxylation is 2. The quantitative estimate of drug-likeness (QED) is 0.783. The van der Waals surface area contributed by atoms with Crippen molar-refractivity contribution < 1.29 is 0 Å². The number of anilines is 1. The van der Waals surface area contributed by atoms with Crippen LogP contribution < -0.4 is 5.32 Å². The Hall–Kier alpha value is -1.47. The molecule has 18 heavy (non-hydrogen) atoms. The van der Waals surface area contributed by atoms with E-state index in [1.54, 1.807) is 0 Å². The van der Waals surface area contributed by atoms with Crippen LogP contribution >= 0.6 is 11.6 Å². The van der Waals surface area contributed by atoms with Gasteiger partial charge in [-0.3, -0.25) is 0 Å². The molecule has 0 radical (unpaired) electrons. The van der Waals surface area contributed by atoms with Crippen LogP contribution in [0.25, 0.3) is 11.1 Å². The minimum absolute atomic E-state index is 0.836. The first-order valence-electron chi connectivity index (χ1n) is 6.37. The van der Waals surface area contributed by atoms with Crippen molar-refractivity contribution in [3.8, 4) is 11.1 Å². The van der Waals surface area contributed by atoms with E-state index >= 15 is 0 Å². The molecule has 0 bridgehead atoms. The molecule has 2 aromatic rings. The van der Waals surface area contributed by atoms with Gasteiger partial charge in [0.25, 0.3) is 0 Å². The van der Waals surface area contributed by atoms with E-state index < -0.39 is 0 Å². The maximum Gasteiger partial charge on any atom is 0.0441 e. The van der Waals surface area contributed by atoms with Gasteiger partial charge in [-0.2, -0.15) is 0 Å². The van der Waals surface area contributed by atoms with Crippen LogP contribution in [0.1, 0.15) is 17.5 Å². The topological polar surface area (TPSA) is 12.0 Å². The van der Waals surface area contributed by atoms with Gasteiger partial charge in [-0.1, -0.05) is 29.8 Å². The van der Waals surface area contributed by atoms with Crippen molar-refractivity contribution >= 4 is 17.3 Å². The average molecular weight is 258 g/mol. The number of benzene rings is 2. The summed E-state index contributed by atoms with van der Waals surface area (Å²) in [7, 11) is 0. The van der Waals surface area contributed by atoms with Gasteiger partial charge >= 0.3 is 0 Å². The molecular weight excluding hydrogens is 242 g/mol. The Morgan fingerprint density at radius 3 is 2.67 bits per heavy atom. The molecule has 2 aromatic carbocycles. The maximum absolute atomic E-state index is 6.19. The number of hydrogen-bond acceptors (Lipinski definition) is 1. The summed E-state index contributed by atoms with van der Waals surface area (Å²) in [6.45, 7) is 3.12. The molecule has 0 unspecified atom stereocenters. The number of hydrogen-bond donors (Lipinski definition) is 1. The lowest BCUT2D eigenvalue weighted by atomic mass is 9.97. The Balaban J connectivity index is 2.03. The highest BCUT2D eigenvalue weighted by Gasteiger charge is 2.09. The minimum Gasteiger partial charge on any atom is -0.385 e. The fourth-order valence-electron chi connectivity index (χ4n) is 2.43. The number of rotatable bonds is 1. The van der Waals surface area contributed by atoms with Crippen LogP contribution in [0.2, 0.25) is 5.02 Å². The molecule has 0 aliphatic carbocycles. The van der Waals surface area contributed by atoms with Crippen LogP contribution in [0, 0.1) is 6.92 Å². The minimum atomic E-state index is 0.836. The fraction of sp³-hybridized carbons (Fsp3) is 0.250. The van der Waals surface area contributed by atoms with E-state index in [4.69, 9.17) is 11.6 Å². The Labute approximate surface area is 113 Å². The number of fused-ring (bicyclic) bond motifs is 1. The normalized spacial score (nSPS) is 13.9. The zero-order valence-electron chi connectivity index (χ0n) is 10.5. The third kappa shape index (κ3) is 2.11. The van der Waals surface area contributed by atoms with Gasteiger partial charge in [-0.15, -0.1) is 0 Å². The van der Waals surface area contributed by atoms with Gasteiger partial charge in [-0.25, -0.2) is 0 Å². The first-order valence-corrected chi connectivity index (χ1v) is 6.75. The van der Waals surface area contributed by atoms with E-state index in [1.165, 1.54) is 28.8 Å². The van der Waals surface area contributed by atoms with Crippen molar-refractivity contribution in [2.75, 3.05) is 11.9 Å². The van der Waals surface area contributed by atoms with Crippen LogP contribution in [0.4, 0.5) is 5.69 Å². The van der Waals surface area contributed by atoms with E-state index in [1.807, 2.05) is 6.92 Å². The molecule has 1 aliphatic heterocycles. The lowest BCUT2D eigenvalue weighted by molar-refractivity contribution is 0.830. The molecule has 0 fully saturated rings. The Bertz CT molecular complexity index is 590. The van der Waals surface area contributed by atoms with Crippen molar-refractivity contribution in [1.82, 2.24) is 0 Å². The summed E-state index contributed by atoms with van der Waals surface area (Å²) < 4.78 is 0. The summed E-state index contributed by atoms with van der Waals surface area (Å²) in [6.07, 6.45) is 2.38. The van der Waals surface area contributed by atoms with Gasteiger partial charge in [-0.05, 0) is 60.2 Å². The van der Waals surface area contributed by atoms with Gasteiger partial charge in [0, 0.05) is 17.3 Å². The fourth-order valence-corrected chi connectivity index (χ4v) is 2.61. The highest BCUT2D eigenvalue weighted by Crippen LogP contribution is 2.30. The molecule has 0 amide bonds. The number of nitrogens with one attached hydrogen (secondary N) is 1. The molecule has 1 aliphatic rings. The molecule has 0 spiro atoms. The van der Waals surface area contributed by atoms with Crippen molar-refractivity contribution in [3.63, 3.8) is 0 Å². The summed E-state index contributed by atoms with van der Waals surface area (Å²) in [6, 6.07) is 12.9. The molecule has 1 nitrogen and oxygen atoms in total. The first kappa shape index (κ1) is 11.6. The summed E-state index contributed by atoms with van der Waals surface area (Å²) in [5, 5.41) is 4.27. The van der Waals surface area contributed by atoms with Crippen molar-refractivity contribution in [2.45, 2.75) is 19.8 Å². The molecular formula is C16H16ClN. The second-order valence-electron chi connectivity index (χ2n) is 4.87. The van der Waals surface area contributed by atoms with Crippen LogP contribution in [-0.4, -0.2) is 6.54 Å². The Morgan fingerprint density at radius 1 is 1.06 bits per heavy atom. The summed E-state index contributed by atoms with van der Waals surface area (Å²) >= 11 is 6.19. The van der Waals surface area contributed by atoms with E-state index in [-0.39, 0.29) is 0 Å². The second kappa shape index (κ2) is 4.66. The summed E-state index contributed by atoms with van der Waals surface area (Å²) in [4.78, 5) is 0. The predicted molar refractivity (Wildman–Crippen MR) is 78.4 cm³/mol. The smallest absolute Gasteiger partial charge is 0.0441 e. The maximum atomic E-state index is 6.19. The van der Waals surface area contributed by atoms with Crippen molar-refractivity contribution in [3.05, 3.63) is 52.5 Å². The van der Waals surface area contributed by atoms with Crippen LogP contribution in [-0.2, 0) is 6.42 Å². The lowest BCUT2D eigenvalue weighted by Gasteiger charge is -2.18. The van der Waals surface area contributed by atoms with Crippen LogP contribution in [0.15, 0.2) is 36.4 Å². The number of halogens is 1. The molecule has 0 aromatic heterocycles. The molecule has 0 atom stereocenters. The highest BCUT2D eigenvalue weighted by atomic mass is 35.5. The van der Waals surface area contributed by atoms with E-state index in [2.05, 4.69) is 41.7 Å². The predicted octanol–water partition coefficient (Wildman–Crippen LogP) is 4.67. The zero-order valence-corrected chi connectivity index (χ0v) is 11.2. The van der Waals surface area contributed by atoms with Crippen LogP contribution in [0.5, 0.6) is 0 Å². The highest BCUT2D eigenvalue weighted by molar-refractivity contribution is 6.31. The average Bonchev–Trinajstić information content (AvgIpc) is 2.41. The molecule has 2 heteroatoms. The summed E-state index contributed by atoms with van der Waals surface area (Å²) in [5.41, 5.74) is 6.26. The van der Waals surface area contributed by atoms with E-state index in [9.17, 15) is 0 Å². The SMILES string of the molecule is Cc1ccc(-c2ccc3c(c2)CCCN3)cc1Cl. The molecule has 1 N–H and O–H groups in total. The lowest BCUT2D eigenvalue weighted by Crippen LogP contribution is -2.11. The second-order valence-corrected chi connectivity index (χ2v) is 5.27. The van der Waals surface area contributed by atoms with Crippen molar-refractivity contribution in [1.29, 1.82) is 0 Å². The zero-order chi connectivity index (χ0) is 12.5. The molecule has 0 saturated carbocycles. The van der Waals surface area contributed by atoms with Crippen molar-refractivity contribution in [2.24, 2.45) is 0 Å². The van der Waals surface area contributed by atoms with Crippen LogP contribution in [0.3, 0.4) is 0 Å². The molecule has 92 valence electrons. The third-order valence-electron chi connectivity index (χ3n) is 3.55. The third-order valence-corrected chi connectivity index (χ3v) is 3.96. The van der Waals surface area contributed by atoms with Gasteiger partial charge in [0.15, 0.2) is 0 Å². The van der Waals surface area contributed by atoms with E-state index in [0.717, 1.165) is 23.6 Å². The van der Waals surface area contributed by atoms with Gasteiger partial charge in [0.1, 0.15) is 0 Å². The van der Waals surface area contributed by atoms with E-state index in [0.29, 0.717) is 0 Å². The Kier molecular flexibility index (Phi) is 3.00. The standard InChI is InChI=1S/C16H16ClN/c1-11-4-5-13(10-15(11)17)12-6-7-16-14(9-12)3-2-8-18-16/h4-7,9-10,18H,2-3,8H2,1H3. The van der Waals surface area contributed by atoms with Gasteiger partial charge < -0.3 is 5.32 Å².